The van der Waals surface area contributed by atoms with Gasteiger partial charge >= 0.3 is 29.8 Å². The maximum atomic E-state index is 13.4. The standard InChI is InChI=1S/C46H50N2O13/c1-3-13-32-14-19-35(20-15-32)45(52)61-41-24-23-39(60-44(51)34-21-16-33(17-22-34)18-25-42(49)57-2)31-40(41)46(53)59-27-12-10-8-6-4-5-7-9-11-26-58-43(50)36-28-37(47-54)30-38(29-36)48(55)56/h14-25,28-31,48,55H,3-13,26-27H2,1-2H3/b25-18+. The van der Waals surface area contributed by atoms with Gasteiger partial charge in [0.05, 0.1) is 37.0 Å². The van der Waals surface area contributed by atoms with Crippen LogP contribution in [0.5, 0.6) is 11.5 Å². The fraction of sp³-hybridized carbons (Fsp3) is 0.326. The first-order valence-corrected chi connectivity index (χ1v) is 20.1. The number of nitroso groups, excluding NO2 is 1. The second-order valence-electron chi connectivity index (χ2n) is 14.0. The molecule has 0 spiro atoms. The highest BCUT2D eigenvalue weighted by molar-refractivity contribution is 5.97. The minimum atomic E-state index is -1.28. The lowest BCUT2D eigenvalue weighted by molar-refractivity contribution is -0.991. The number of rotatable bonds is 24. The molecule has 4 aromatic carbocycles. The number of esters is 5. The molecule has 0 aliphatic heterocycles. The number of nitrogens with one attached hydrogen (secondary N) is 1. The van der Waals surface area contributed by atoms with E-state index in [1.165, 1.54) is 55.7 Å². The third kappa shape index (κ3) is 15.9. The molecular formula is C46H50N2O13. The van der Waals surface area contributed by atoms with E-state index in [4.69, 9.17) is 24.2 Å². The van der Waals surface area contributed by atoms with Crippen LogP contribution in [0.3, 0.4) is 0 Å². The van der Waals surface area contributed by atoms with Crippen molar-refractivity contribution < 1.29 is 58.1 Å². The van der Waals surface area contributed by atoms with Crippen LogP contribution in [0.4, 0.5) is 11.4 Å². The first kappa shape index (κ1) is 47.1. The van der Waals surface area contributed by atoms with E-state index in [0.717, 1.165) is 75.5 Å². The summed E-state index contributed by atoms with van der Waals surface area (Å²) in [5, 5.41) is 21.8. The average Bonchev–Trinajstić information content (AvgIpc) is 3.27. The van der Waals surface area contributed by atoms with Crippen LogP contribution >= 0.6 is 0 Å². The fourth-order valence-electron chi connectivity index (χ4n) is 6.04. The Morgan fingerprint density at radius 3 is 1.82 bits per heavy atom. The van der Waals surface area contributed by atoms with Gasteiger partial charge in [-0.2, -0.15) is 5.23 Å². The van der Waals surface area contributed by atoms with Crippen LogP contribution < -0.4 is 14.7 Å². The van der Waals surface area contributed by atoms with Gasteiger partial charge in [-0.05, 0) is 90.2 Å². The number of unbranched alkanes of at least 4 members (excludes halogenated alkanes) is 8. The maximum absolute atomic E-state index is 13.4. The molecule has 0 saturated carbocycles. The van der Waals surface area contributed by atoms with E-state index in [-0.39, 0.29) is 52.8 Å². The zero-order chi connectivity index (χ0) is 44.0. The van der Waals surface area contributed by atoms with Crippen LogP contribution in [-0.2, 0) is 25.4 Å². The molecule has 0 radical (unpaired) electrons. The molecule has 15 heteroatoms. The first-order chi connectivity index (χ1) is 29.5. The van der Waals surface area contributed by atoms with Crippen LogP contribution in [0.1, 0.15) is 124 Å². The average molecular weight is 839 g/mol. The lowest BCUT2D eigenvalue weighted by atomic mass is 10.1. The Hall–Kier alpha value is -6.55. The number of quaternary nitrogens is 1. The Labute approximate surface area is 353 Å². The highest BCUT2D eigenvalue weighted by Gasteiger charge is 2.21. The van der Waals surface area contributed by atoms with Crippen LogP contribution in [0, 0.1) is 10.1 Å². The third-order valence-electron chi connectivity index (χ3n) is 9.33. The van der Waals surface area contributed by atoms with Gasteiger partial charge in [0.15, 0.2) is 5.69 Å². The molecule has 0 aliphatic rings. The molecule has 4 aromatic rings. The summed E-state index contributed by atoms with van der Waals surface area (Å²) in [4.78, 5) is 74.0. The summed E-state index contributed by atoms with van der Waals surface area (Å²) >= 11 is 0. The number of methoxy groups -OCH3 is 1. The molecule has 0 aliphatic carbocycles. The van der Waals surface area contributed by atoms with Gasteiger partial charge in [-0.3, -0.25) is 0 Å². The number of carbonyl (C=O) groups is 5. The molecular weight excluding hydrogens is 789 g/mol. The zero-order valence-corrected chi connectivity index (χ0v) is 34.2. The minimum Gasteiger partial charge on any atom is -0.595 e. The molecule has 0 saturated heterocycles. The molecule has 0 aromatic heterocycles. The van der Waals surface area contributed by atoms with Crippen molar-refractivity contribution in [2.75, 3.05) is 20.3 Å². The Bertz CT molecular complexity index is 2130. The molecule has 15 nitrogen and oxygen atoms in total. The maximum Gasteiger partial charge on any atom is 0.343 e. The highest BCUT2D eigenvalue weighted by atomic mass is 16.8. The number of ether oxygens (including phenoxy) is 5. The van der Waals surface area contributed by atoms with Crippen molar-refractivity contribution in [2.45, 2.75) is 77.6 Å². The van der Waals surface area contributed by atoms with Gasteiger partial charge in [0.25, 0.3) is 0 Å². The summed E-state index contributed by atoms with van der Waals surface area (Å²) in [5.41, 5.74) is 1.75. The van der Waals surface area contributed by atoms with Gasteiger partial charge in [0.1, 0.15) is 22.7 Å². The Balaban J connectivity index is 1.22. The molecule has 61 heavy (non-hydrogen) atoms. The van der Waals surface area contributed by atoms with Crippen LogP contribution in [0.15, 0.2) is 96.2 Å². The van der Waals surface area contributed by atoms with Gasteiger partial charge in [0.2, 0.25) is 0 Å². The van der Waals surface area contributed by atoms with E-state index in [1.54, 1.807) is 24.3 Å². The second kappa shape index (κ2) is 25.2. The molecule has 0 bridgehead atoms. The Kier molecular flexibility index (Phi) is 19.4. The largest absolute Gasteiger partial charge is 0.595 e. The number of carbonyl (C=O) groups excluding carboxylic acids is 5. The zero-order valence-electron chi connectivity index (χ0n) is 34.2. The van der Waals surface area contributed by atoms with Gasteiger partial charge in [-0.15, -0.1) is 4.91 Å². The summed E-state index contributed by atoms with van der Waals surface area (Å²) in [6, 6.07) is 20.9. The molecule has 0 heterocycles. The molecule has 1 atom stereocenters. The van der Waals surface area contributed by atoms with E-state index in [1.807, 2.05) is 12.1 Å². The van der Waals surface area contributed by atoms with Crippen LogP contribution in [-0.4, -0.2) is 55.4 Å². The minimum absolute atomic E-state index is 0.0339. The lowest BCUT2D eigenvalue weighted by Crippen LogP contribution is -2.99. The van der Waals surface area contributed by atoms with Crippen molar-refractivity contribution in [1.29, 1.82) is 0 Å². The van der Waals surface area contributed by atoms with Gasteiger partial charge in [-0.1, -0.05) is 82.6 Å². The van der Waals surface area contributed by atoms with Crippen molar-refractivity contribution in [3.05, 3.63) is 135 Å². The van der Waals surface area contributed by atoms with Crippen LogP contribution in [0.2, 0.25) is 0 Å². The smallest absolute Gasteiger partial charge is 0.343 e. The predicted molar refractivity (Wildman–Crippen MR) is 224 cm³/mol. The summed E-state index contributed by atoms with van der Waals surface area (Å²) in [7, 11) is 1.27. The van der Waals surface area contributed by atoms with Crippen molar-refractivity contribution >= 4 is 47.3 Å². The molecule has 322 valence electrons. The number of hydrogen-bond donors (Lipinski definition) is 2. The molecule has 4 rings (SSSR count). The molecule has 2 N–H and O–H groups in total. The number of benzene rings is 4. The normalized spacial score (nSPS) is 11.4. The predicted octanol–water partition coefficient (Wildman–Crippen LogP) is 8.59. The van der Waals surface area contributed by atoms with Crippen molar-refractivity contribution in [3.8, 4) is 11.5 Å². The van der Waals surface area contributed by atoms with Crippen LogP contribution in [0.25, 0.3) is 6.08 Å². The van der Waals surface area contributed by atoms with Gasteiger partial charge in [-0.25, -0.2) is 29.2 Å². The summed E-state index contributed by atoms with van der Waals surface area (Å²) in [6.45, 7) is 2.35. The SMILES string of the molecule is CCCc1ccc(C(=O)Oc2ccc(OC(=O)c3ccc(/C=C/C(=O)OC)cc3)cc2C(=O)OCCCCCCCCCCCOC(=O)c2cc(N=O)cc([NH+]([O-])O)c2)cc1. The second-order valence-corrected chi connectivity index (χ2v) is 14.0. The summed E-state index contributed by atoms with van der Waals surface area (Å²) in [6.07, 6.45) is 12.4. The molecule has 1 unspecified atom stereocenters. The van der Waals surface area contributed by atoms with E-state index in [9.17, 15) is 34.1 Å². The number of hydrogen-bond acceptors (Lipinski definition) is 14. The first-order valence-electron chi connectivity index (χ1n) is 20.1. The van der Waals surface area contributed by atoms with Gasteiger partial charge in [0, 0.05) is 18.2 Å². The Morgan fingerprint density at radius 1 is 0.672 bits per heavy atom. The van der Waals surface area contributed by atoms with E-state index in [0.29, 0.717) is 24.0 Å². The molecule has 0 amide bonds. The topological polar surface area (TPSA) is 209 Å². The lowest BCUT2D eigenvalue weighted by Gasteiger charge is -2.13. The van der Waals surface area contributed by atoms with E-state index >= 15 is 0 Å². The van der Waals surface area contributed by atoms with Crippen molar-refractivity contribution in [1.82, 2.24) is 0 Å². The summed E-state index contributed by atoms with van der Waals surface area (Å²) < 4.78 is 26.6. The quantitative estimate of drug-likeness (QED) is 0.0129. The van der Waals surface area contributed by atoms with Crippen molar-refractivity contribution in [2.24, 2.45) is 5.18 Å². The van der Waals surface area contributed by atoms with E-state index < -0.39 is 35.1 Å². The molecule has 0 fully saturated rings. The number of nitrogens with zero attached hydrogens (tertiary/aromatic N) is 1. The third-order valence-corrected chi connectivity index (χ3v) is 9.33. The summed E-state index contributed by atoms with van der Waals surface area (Å²) in [5.74, 6) is -3.36. The van der Waals surface area contributed by atoms with Crippen molar-refractivity contribution in [3.63, 3.8) is 0 Å². The highest BCUT2D eigenvalue weighted by Crippen LogP contribution is 2.28. The number of aryl methyl sites for hydroxylation is 1. The fourth-order valence-corrected chi connectivity index (χ4v) is 6.04. The monoisotopic (exact) mass is 838 g/mol. The Morgan fingerprint density at radius 2 is 1.25 bits per heavy atom. The van der Waals surface area contributed by atoms with Gasteiger partial charge < -0.3 is 28.9 Å². The van der Waals surface area contributed by atoms with E-state index in [2.05, 4.69) is 16.8 Å².